The second-order valence-electron chi connectivity index (χ2n) is 4.55. The van der Waals surface area contributed by atoms with Crippen LogP contribution in [0.5, 0.6) is 0 Å². The Labute approximate surface area is 142 Å². The third-order valence-corrected chi connectivity index (χ3v) is 4.82. The molecule has 0 aliphatic carbocycles. The van der Waals surface area contributed by atoms with E-state index < -0.39 is 31.1 Å². The molecule has 10 heteroatoms. The number of hydrazone groups is 1. The highest BCUT2D eigenvalue weighted by Gasteiger charge is 2.27. The van der Waals surface area contributed by atoms with Crippen molar-refractivity contribution < 1.29 is 13.3 Å². The van der Waals surface area contributed by atoms with Gasteiger partial charge in [0.25, 0.3) is 5.69 Å². The van der Waals surface area contributed by atoms with Gasteiger partial charge in [0.1, 0.15) is 17.0 Å². The minimum absolute atomic E-state index is 0.0571. The van der Waals surface area contributed by atoms with Crippen LogP contribution < -0.4 is 5.43 Å². The van der Waals surface area contributed by atoms with Gasteiger partial charge in [-0.3, -0.25) is 15.5 Å². The number of hydrogen-bond donors (Lipinski definition) is 1. The van der Waals surface area contributed by atoms with Crippen LogP contribution in [0, 0.1) is 32.8 Å². The van der Waals surface area contributed by atoms with Crippen LogP contribution in [0.15, 0.2) is 63.4 Å². The Morgan fingerprint density at radius 1 is 1.12 bits per heavy atom. The zero-order chi connectivity index (χ0) is 18.4. The Hall–Kier alpha value is -3.76. The van der Waals surface area contributed by atoms with Gasteiger partial charge in [-0.1, -0.05) is 18.2 Å². The van der Waals surface area contributed by atoms with Gasteiger partial charge in [0, 0.05) is 6.07 Å². The van der Waals surface area contributed by atoms with Crippen LogP contribution >= 0.6 is 0 Å². The molecule has 9 nitrogen and oxygen atoms in total. The van der Waals surface area contributed by atoms with Crippen molar-refractivity contribution in [2.24, 2.45) is 5.10 Å². The number of nitrogens with one attached hydrogen (secondary N) is 1. The third-order valence-electron chi connectivity index (χ3n) is 3.01. The van der Waals surface area contributed by atoms with E-state index in [4.69, 9.17) is 10.5 Å². The van der Waals surface area contributed by atoms with Crippen molar-refractivity contribution in [2.45, 2.75) is 9.79 Å². The van der Waals surface area contributed by atoms with Gasteiger partial charge in [0.05, 0.1) is 15.5 Å². The molecule has 0 aliphatic heterocycles. The molecule has 0 saturated heterocycles. The predicted octanol–water partition coefficient (Wildman–Crippen LogP) is 2.24. The van der Waals surface area contributed by atoms with E-state index in [2.05, 4.69) is 10.5 Å². The quantitative estimate of drug-likeness (QED) is 0.491. The van der Waals surface area contributed by atoms with E-state index in [1.807, 2.05) is 0 Å². The van der Waals surface area contributed by atoms with Gasteiger partial charge in [0.2, 0.25) is 15.5 Å². The molecule has 0 radical (unpaired) electrons. The first kappa shape index (κ1) is 17.6. The molecule has 0 atom stereocenters. The summed E-state index contributed by atoms with van der Waals surface area (Å²) in [5, 5.41) is 31.9. The highest BCUT2D eigenvalue weighted by atomic mass is 32.2. The molecular formula is C15H9N5O4S. The first-order chi connectivity index (χ1) is 11.9. The fraction of sp³-hybridized carbons (Fsp3) is 0. The van der Waals surface area contributed by atoms with Gasteiger partial charge in [-0.25, -0.2) is 8.42 Å². The van der Waals surface area contributed by atoms with E-state index in [0.29, 0.717) is 0 Å². The molecule has 0 amide bonds. The molecule has 0 bridgehead atoms. The van der Waals surface area contributed by atoms with Crippen molar-refractivity contribution in [2.75, 3.05) is 5.43 Å². The third kappa shape index (κ3) is 3.77. The fourth-order valence-electron chi connectivity index (χ4n) is 1.88. The standard InChI is InChI=1S/C15H9N5O4S/c16-9-12(10-17)19-18-11-6-7-15(14(8-11)20(21)22)25(23,24)13-4-2-1-3-5-13/h1-8,18H. The molecule has 2 rings (SSSR count). The second kappa shape index (κ2) is 7.21. The molecule has 124 valence electrons. The predicted molar refractivity (Wildman–Crippen MR) is 87.3 cm³/mol. The lowest BCUT2D eigenvalue weighted by Crippen LogP contribution is -2.06. The lowest BCUT2D eigenvalue weighted by molar-refractivity contribution is -0.387. The van der Waals surface area contributed by atoms with Crippen molar-refractivity contribution in [3.8, 4) is 12.1 Å². The van der Waals surface area contributed by atoms with Gasteiger partial charge < -0.3 is 0 Å². The Morgan fingerprint density at radius 2 is 1.76 bits per heavy atom. The van der Waals surface area contributed by atoms with Gasteiger partial charge >= 0.3 is 0 Å². The summed E-state index contributed by atoms with van der Waals surface area (Å²) >= 11 is 0. The van der Waals surface area contributed by atoms with Crippen LogP contribution in [0.25, 0.3) is 0 Å². The van der Waals surface area contributed by atoms with Crippen molar-refractivity contribution >= 4 is 26.9 Å². The van der Waals surface area contributed by atoms with E-state index in [0.717, 1.165) is 12.1 Å². The summed E-state index contributed by atoms with van der Waals surface area (Å²) in [6.07, 6.45) is 0. The molecule has 0 heterocycles. The summed E-state index contributed by atoms with van der Waals surface area (Å²) in [6.45, 7) is 0. The van der Waals surface area contributed by atoms with Crippen molar-refractivity contribution in [3.63, 3.8) is 0 Å². The van der Waals surface area contributed by atoms with Crippen LogP contribution in [0.3, 0.4) is 0 Å². The smallest absolute Gasteiger partial charge is 0.276 e. The summed E-state index contributed by atoms with van der Waals surface area (Å²) in [7, 11) is -4.08. The highest BCUT2D eigenvalue weighted by molar-refractivity contribution is 7.91. The van der Waals surface area contributed by atoms with Crippen molar-refractivity contribution in [3.05, 3.63) is 58.6 Å². The van der Waals surface area contributed by atoms with Gasteiger partial charge in [-0.15, -0.1) is 0 Å². The van der Waals surface area contributed by atoms with Gasteiger partial charge in [-0.2, -0.15) is 15.6 Å². The van der Waals surface area contributed by atoms with E-state index in [-0.39, 0.29) is 10.6 Å². The number of nitro benzene ring substituents is 1. The molecule has 2 aromatic rings. The van der Waals surface area contributed by atoms with E-state index in [1.54, 1.807) is 6.07 Å². The van der Waals surface area contributed by atoms with Crippen molar-refractivity contribution in [1.82, 2.24) is 0 Å². The Morgan fingerprint density at radius 3 is 2.32 bits per heavy atom. The molecule has 0 spiro atoms. The monoisotopic (exact) mass is 355 g/mol. The van der Waals surface area contributed by atoms with Crippen LogP contribution in [-0.2, 0) is 9.84 Å². The summed E-state index contributed by atoms with van der Waals surface area (Å²) in [4.78, 5) is 9.89. The maximum absolute atomic E-state index is 12.6. The zero-order valence-corrected chi connectivity index (χ0v) is 13.3. The Kier molecular flexibility index (Phi) is 5.07. The lowest BCUT2D eigenvalue weighted by atomic mass is 10.3. The number of hydrogen-bond acceptors (Lipinski definition) is 8. The second-order valence-corrected chi connectivity index (χ2v) is 6.47. The van der Waals surface area contributed by atoms with Crippen LogP contribution in [0.4, 0.5) is 11.4 Å². The normalized spacial score (nSPS) is 10.2. The van der Waals surface area contributed by atoms with Gasteiger partial charge in [-0.05, 0) is 24.3 Å². The topological polar surface area (TPSA) is 149 Å². The SMILES string of the molecule is N#CC(C#N)=NNc1ccc(S(=O)(=O)c2ccccc2)c([N+](=O)[O-])c1. The average Bonchev–Trinajstić information content (AvgIpc) is 2.63. The van der Waals surface area contributed by atoms with E-state index in [9.17, 15) is 18.5 Å². The summed E-state index contributed by atoms with van der Waals surface area (Å²) in [6, 6.07) is 13.6. The first-order valence-corrected chi connectivity index (χ1v) is 8.11. The zero-order valence-electron chi connectivity index (χ0n) is 12.4. The number of rotatable bonds is 5. The van der Waals surface area contributed by atoms with E-state index >= 15 is 0 Å². The van der Waals surface area contributed by atoms with Gasteiger partial charge in [0.15, 0.2) is 0 Å². The maximum Gasteiger partial charge on any atom is 0.290 e. The van der Waals surface area contributed by atoms with Crippen LogP contribution in [0.2, 0.25) is 0 Å². The minimum atomic E-state index is -4.08. The molecule has 0 unspecified atom stereocenters. The molecular weight excluding hydrogens is 346 g/mol. The lowest BCUT2D eigenvalue weighted by Gasteiger charge is -2.07. The Balaban J connectivity index is 2.52. The molecule has 0 aromatic heterocycles. The largest absolute Gasteiger partial charge is 0.290 e. The molecule has 0 fully saturated rings. The molecule has 0 saturated carbocycles. The first-order valence-electron chi connectivity index (χ1n) is 6.62. The number of nitrogens with zero attached hydrogens (tertiary/aromatic N) is 4. The number of nitriles is 2. The maximum atomic E-state index is 12.6. The molecule has 2 aromatic carbocycles. The summed E-state index contributed by atoms with van der Waals surface area (Å²) < 4.78 is 25.2. The number of anilines is 1. The summed E-state index contributed by atoms with van der Waals surface area (Å²) in [5.41, 5.74) is 1.23. The minimum Gasteiger partial charge on any atom is -0.276 e. The van der Waals surface area contributed by atoms with Crippen LogP contribution in [0.1, 0.15) is 0 Å². The fourth-order valence-corrected chi connectivity index (χ4v) is 3.30. The van der Waals surface area contributed by atoms with Crippen LogP contribution in [-0.4, -0.2) is 19.1 Å². The molecule has 25 heavy (non-hydrogen) atoms. The summed E-state index contributed by atoms with van der Waals surface area (Å²) in [5.74, 6) is 0. The molecule has 0 aliphatic rings. The highest BCUT2D eigenvalue weighted by Crippen LogP contribution is 2.31. The number of benzene rings is 2. The van der Waals surface area contributed by atoms with E-state index in [1.165, 1.54) is 42.5 Å². The Bertz CT molecular complexity index is 1020. The van der Waals surface area contributed by atoms with Crippen molar-refractivity contribution in [1.29, 1.82) is 10.5 Å². The number of sulfone groups is 1. The molecule has 1 N–H and O–H groups in total. The number of nitro groups is 1. The average molecular weight is 355 g/mol.